The van der Waals surface area contributed by atoms with E-state index in [1.165, 1.54) is 12.1 Å². The maximum absolute atomic E-state index is 12.5. The highest BCUT2D eigenvalue weighted by molar-refractivity contribution is 6.39. The lowest BCUT2D eigenvalue weighted by Gasteiger charge is -2.27. The van der Waals surface area contributed by atoms with Crippen molar-refractivity contribution < 1.29 is 9.53 Å². The molecule has 0 bridgehead atoms. The summed E-state index contributed by atoms with van der Waals surface area (Å²) in [6, 6.07) is 3.05. The average Bonchev–Trinajstić information content (AvgIpc) is 2.66. The second-order valence-corrected chi connectivity index (χ2v) is 7.27. The number of anilines is 3. The van der Waals surface area contributed by atoms with E-state index in [1.807, 2.05) is 4.90 Å². The number of nitrogens with two attached hydrogens (primary N) is 1. The maximum Gasteiger partial charge on any atom is 0.255 e. The van der Waals surface area contributed by atoms with Crippen LogP contribution in [0.5, 0.6) is 0 Å². The highest BCUT2D eigenvalue weighted by atomic mass is 35.5. The molecule has 1 saturated heterocycles. The SMILES string of the molecule is Cc1nc(N2CCOCC2)[nH]c(=O)c1CCC(=O)Nc1cc(Cl)c(N)c(Cl)c1. The molecule has 0 saturated carbocycles. The Hall–Kier alpha value is -2.29. The Balaban J connectivity index is 1.65. The van der Waals surface area contributed by atoms with Crippen LogP contribution in [0.3, 0.4) is 0 Å². The molecular formula is C18H21Cl2N5O3. The number of nitrogens with one attached hydrogen (secondary N) is 2. The molecule has 0 aliphatic carbocycles. The van der Waals surface area contributed by atoms with E-state index >= 15 is 0 Å². The average molecular weight is 426 g/mol. The zero-order chi connectivity index (χ0) is 20.3. The van der Waals surface area contributed by atoms with Gasteiger partial charge >= 0.3 is 0 Å². The molecule has 28 heavy (non-hydrogen) atoms. The molecule has 2 aromatic rings. The first-order valence-electron chi connectivity index (χ1n) is 8.82. The fourth-order valence-electron chi connectivity index (χ4n) is 2.93. The number of carbonyl (C=O) groups is 1. The third-order valence-electron chi connectivity index (χ3n) is 4.49. The number of carbonyl (C=O) groups excluding carboxylic acids is 1. The molecule has 1 fully saturated rings. The standard InChI is InChI=1S/C18H21Cl2N5O3/c1-10-12(17(27)24-18(22-10)25-4-6-28-7-5-25)2-3-15(26)23-11-8-13(19)16(21)14(20)9-11/h8-9H,2-7,21H2,1H3,(H,23,26)(H,22,24,27). The lowest BCUT2D eigenvalue weighted by atomic mass is 10.1. The molecule has 3 rings (SSSR count). The minimum atomic E-state index is -0.270. The number of rotatable bonds is 5. The zero-order valence-corrected chi connectivity index (χ0v) is 16.9. The minimum absolute atomic E-state index is 0.113. The van der Waals surface area contributed by atoms with Crippen LogP contribution >= 0.6 is 23.2 Å². The van der Waals surface area contributed by atoms with Crippen molar-refractivity contribution in [2.24, 2.45) is 0 Å². The number of hydrogen-bond acceptors (Lipinski definition) is 6. The number of nitrogens with zero attached hydrogens (tertiary/aromatic N) is 2. The first kappa shape index (κ1) is 20.4. The van der Waals surface area contributed by atoms with Gasteiger partial charge < -0.3 is 20.7 Å². The number of halogens is 2. The lowest BCUT2D eigenvalue weighted by molar-refractivity contribution is -0.116. The van der Waals surface area contributed by atoms with Gasteiger partial charge in [-0.1, -0.05) is 23.2 Å². The normalized spacial score (nSPS) is 14.2. The fraction of sp³-hybridized carbons (Fsp3) is 0.389. The van der Waals surface area contributed by atoms with Crippen LogP contribution < -0.4 is 21.5 Å². The number of aryl methyl sites for hydroxylation is 1. The van der Waals surface area contributed by atoms with Crippen molar-refractivity contribution in [3.05, 3.63) is 43.8 Å². The van der Waals surface area contributed by atoms with Crippen molar-refractivity contribution in [2.75, 3.05) is 42.3 Å². The minimum Gasteiger partial charge on any atom is -0.396 e. The Morgan fingerprint density at radius 2 is 1.96 bits per heavy atom. The molecule has 1 aromatic heterocycles. The van der Waals surface area contributed by atoms with Gasteiger partial charge in [-0.2, -0.15) is 0 Å². The van der Waals surface area contributed by atoms with Crippen molar-refractivity contribution in [1.29, 1.82) is 0 Å². The molecule has 150 valence electrons. The number of hydrogen-bond donors (Lipinski definition) is 3. The van der Waals surface area contributed by atoms with Crippen molar-refractivity contribution in [1.82, 2.24) is 9.97 Å². The summed E-state index contributed by atoms with van der Waals surface area (Å²) in [4.78, 5) is 34.0. The molecule has 1 aromatic carbocycles. The van der Waals surface area contributed by atoms with Crippen LogP contribution in [0, 0.1) is 6.92 Å². The molecule has 0 spiro atoms. The summed E-state index contributed by atoms with van der Waals surface area (Å²) in [5.74, 6) is 0.262. The number of benzene rings is 1. The quantitative estimate of drug-likeness (QED) is 0.633. The van der Waals surface area contributed by atoms with E-state index in [9.17, 15) is 9.59 Å². The Morgan fingerprint density at radius 3 is 2.57 bits per heavy atom. The molecule has 8 nitrogen and oxygen atoms in total. The van der Waals surface area contributed by atoms with Crippen LogP contribution in [0.1, 0.15) is 17.7 Å². The summed E-state index contributed by atoms with van der Waals surface area (Å²) in [6.45, 7) is 4.33. The molecule has 1 amide bonds. The summed E-state index contributed by atoms with van der Waals surface area (Å²) in [5, 5.41) is 3.23. The van der Waals surface area contributed by atoms with Gasteiger partial charge in [-0.05, 0) is 25.5 Å². The molecule has 4 N–H and O–H groups in total. The van der Waals surface area contributed by atoms with Crippen LogP contribution in [0.4, 0.5) is 17.3 Å². The first-order chi connectivity index (χ1) is 13.3. The van der Waals surface area contributed by atoms with E-state index in [0.29, 0.717) is 49.2 Å². The van der Waals surface area contributed by atoms with Crippen LogP contribution in [-0.2, 0) is 16.0 Å². The van der Waals surface area contributed by atoms with E-state index in [2.05, 4.69) is 15.3 Å². The van der Waals surface area contributed by atoms with Gasteiger partial charge in [-0.25, -0.2) is 4.98 Å². The van der Waals surface area contributed by atoms with Gasteiger partial charge in [0.1, 0.15) is 0 Å². The number of aromatic nitrogens is 2. The number of H-pyrrole nitrogens is 1. The molecule has 1 aliphatic rings. The van der Waals surface area contributed by atoms with Crippen LogP contribution in [0.25, 0.3) is 0 Å². The highest BCUT2D eigenvalue weighted by Crippen LogP contribution is 2.31. The Morgan fingerprint density at radius 1 is 1.32 bits per heavy atom. The van der Waals surface area contributed by atoms with E-state index in [4.69, 9.17) is 33.7 Å². The van der Waals surface area contributed by atoms with Crippen molar-refractivity contribution in [3.63, 3.8) is 0 Å². The largest absolute Gasteiger partial charge is 0.396 e. The number of amides is 1. The number of aromatic amines is 1. The van der Waals surface area contributed by atoms with Gasteiger partial charge in [0, 0.05) is 36.5 Å². The van der Waals surface area contributed by atoms with E-state index in [-0.39, 0.29) is 40.0 Å². The van der Waals surface area contributed by atoms with Gasteiger partial charge in [-0.15, -0.1) is 0 Å². The Bertz CT molecular complexity index is 918. The predicted molar refractivity (Wildman–Crippen MR) is 110 cm³/mol. The molecule has 1 aliphatic heterocycles. The summed E-state index contributed by atoms with van der Waals surface area (Å²) in [5.41, 5.74) is 7.25. The third-order valence-corrected chi connectivity index (χ3v) is 5.11. The van der Waals surface area contributed by atoms with Crippen LogP contribution in [0.15, 0.2) is 16.9 Å². The summed E-state index contributed by atoms with van der Waals surface area (Å²) < 4.78 is 5.31. The van der Waals surface area contributed by atoms with Crippen LogP contribution in [0.2, 0.25) is 10.0 Å². The molecule has 0 atom stereocenters. The molecular weight excluding hydrogens is 405 g/mol. The monoisotopic (exact) mass is 425 g/mol. The van der Waals surface area contributed by atoms with Gasteiger partial charge in [-0.3, -0.25) is 14.6 Å². The van der Waals surface area contributed by atoms with Gasteiger partial charge in [0.15, 0.2) is 0 Å². The van der Waals surface area contributed by atoms with Gasteiger partial charge in [0.2, 0.25) is 11.9 Å². The Kier molecular flexibility index (Phi) is 6.43. The van der Waals surface area contributed by atoms with Crippen molar-refractivity contribution >= 4 is 46.4 Å². The van der Waals surface area contributed by atoms with E-state index in [0.717, 1.165) is 0 Å². The number of ether oxygens (including phenoxy) is 1. The maximum atomic E-state index is 12.5. The number of morpholine rings is 1. The Labute approximate surface area is 172 Å². The molecule has 2 heterocycles. The smallest absolute Gasteiger partial charge is 0.255 e. The first-order valence-corrected chi connectivity index (χ1v) is 9.57. The van der Waals surface area contributed by atoms with Gasteiger partial charge in [0.25, 0.3) is 5.56 Å². The highest BCUT2D eigenvalue weighted by Gasteiger charge is 2.17. The summed E-state index contributed by atoms with van der Waals surface area (Å²) >= 11 is 11.9. The summed E-state index contributed by atoms with van der Waals surface area (Å²) in [6.07, 6.45) is 0.377. The molecule has 10 heteroatoms. The van der Waals surface area contributed by atoms with Crippen molar-refractivity contribution in [3.8, 4) is 0 Å². The zero-order valence-electron chi connectivity index (χ0n) is 15.3. The third kappa shape index (κ3) is 4.76. The van der Waals surface area contributed by atoms with E-state index < -0.39 is 0 Å². The van der Waals surface area contributed by atoms with Crippen LogP contribution in [-0.4, -0.2) is 42.2 Å². The topological polar surface area (TPSA) is 113 Å². The second-order valence-electron chi connectivity index (χ2n) is 6.45. The van der Waals surface area contributed by atoms with Gasteiger partial charge in [0.05, 0.1) is 28.9 Å². The predicted octanol–water partition coefficient (Wildman–Crippen LogP) is 2.38. The van der Waals surface area contributed by atoms with E-state index in [1.54, 1.807) is 6.92 Å². The lowest BCUT2D eigenvalue weighted by Crippen LogP contribution is -2.38. The van der Waals surface area contributed by atoms with Crippen molar-refractivity contribution in [2.45, 2.75) is 19.8 Å². The second kappa shape index (κ2) is 8.81. The molecule has 0 unspecified atom stereocenters. The summed E-state index contributed by atoms with van der Waals surface area (Å²) in [7, 11) is 0. The molecule has 0 radical (unpaired) electrons. The fourth-order valence-corrected chi connectivity index (χ4v) is 3.42. The number of nitrogen functional groups attached to an aromatic ring is 1.